The zero-order valence-corrected chi connectivity index (χ0v) is 10.9. The number of carbonyl (C=O) groups excluding carboxylic acids is 1. The second kappa shape index (κ2) is 6.36. The van der Waals surface area contributed by atoms with Crippen molar-refractivity contribution in [3.05, 3.63) is 0 Å². The van der Waals surface area contributed by atoms with E-state index < -0.39 is 0 Å². The number of nitrogens with zero attached hydrogens (tertiary/aromatic N) is 2. The Kier molecular flexibility index (Phi) is 4.80. The van der Waals surface area contributed by atoms with Crippen molar-refractivity contribution in [2.45, 2.75) is 25.7 Å². The van der Waals surface area contributed by atoms with E-state index in [0.29, 0.717) is 0 Å². The predicted molar refractivity (Wildman–Crippen MR) is 66.9 cm³/mol. The van der Waals surface area contributed by atoms with Gasteiger partial charge in [0.15, 0.2) is 0 Å². The molecule has 2 aliphatic heterocycles. The van der Waals surface area contributed by atoms with Crippen LogP contribution in [0.2, 0.25) is 0 Å². The third kappa shape index (κ3) is 3.68. The first-order valence-electron chi connectivity index (χ1n) is 6.82. The zero-order chi connectivity index (χ0) is 12.1. The highest BCUT2D eigenvalue weighted by Gasteiger charge is 2.25. The summed E-state index contributed by atoms with van der Waals surface area (Å²) in [5.74, 6) is 0.118. The van der Waals surface area contributed by atoms with E-state index in [2.05, 4.69) is 9.80 Å². The number of esters is 1. The van der Waals surface area contributed by atoms with Crippen LogP contribution >= 0.6 is 0 Å². The minimum absolute atomic E-state index is 0.0239. The lowest BCUT2D eigenvalue weighted by molar-refractivity contribution is -0.147. The van der Waals surface area contributed by atoms with E-state index in [4.69, 9.17) is 4.74 Å². The Morgan fingerprint density at radius 1 is 1.06 bits per heavy atom. The average Bonchev–Trinajstić information content (AvgIpc) is 2.89. The molecule has 4 heteroatoms. The largest absolute Gasteiger partial charge is 0.469 e. The summed E-state index contributed by atoms with van der Waals surface area (Å²) in [6.07, 6.45) is 4.66. The van der Waals surface area contributed by atoms with Crippen LogP contribution in [0.5, 0.6) is 0 Å². The maximum absolute atomic E-state index is 11.4. The van der Waals surface area contributed by atoms with E-state index in [9.17, 15) is 4.79 Å². The summed E-state index contributed by atoms with van der Waals surface area (Å²) in [5, 5.41) is 0. The maximum atomic E-state index is 11.4. The fourth-order valence-corrected chi connectivity index (χ4v) is 2.85. The Bertz CT molecular complexity index is 244. The molecule has 0 saturated carbocycles. The van der Waals surface area contributed by atoms with Crippen molar-refractivity contribution >= 4 is 5.97 Å². The lowest BCUT2D eigenvalue weighted by Gasteiger charge is -2.31. The third-order valence-corrected chi connectivity index (χ3v) is 4.05. The van der Waals surface area contributed by atoms with E-state index in [0.717, 1.165) is 32.5 Å². The van der Waals surface area contributed by atoms with Gasteiger partial charge < -0.3 is 14.5 Å². The first kappa shape index (κ1) is 12.8. The van der Waals surface area contributed by atoms with E-state index in [-0.39, 0.29) is 11.9 Å². The molecular weight excluding hydrogens is 216 g/mol. The highest BCUT2D eigenvalue weighted by atomic mass is 16.5. The monoisotopic (exact) mass is 240 g/mol. The van der Waals surface area contributed by atoms with Gasteiger partial charge in [-0.1, -0.05) is 0 Å². The van der Waals surface area contributed by atoms with E-state index in [1.807, 2.05) is 0 Å². The van der Waals surface area contributed by atoms with Gasteiger partial charge in [0.05, 0.1) is 13.0 Å². The van der Waals surface area contributed by atoms with E-state index in [1.54, 1.807) is 0 Å². The molecule has 0 bridgehead atoms. The summed E-state index contributed by atoms with van der Waals surface area (Å²) in [6, 6.07) is 0. The average molecular weight is 240 g/mol. The molecule has 0 aromatic rings. The summed E-state index contributed by atoms with van der Waals surface area (Å²) in [7, 11) is 1.49. The lowest BCUT2D eigenvalue weighted by Crippen LogP contribution is -2.40. The third-order valence-electron chi connectivity index (χ3n) is 4.05. The molecule has 0 N–H and O–H groups in total. The predicted octanol–water partition coefficient (Wildman–Crippen LogP) is 0.967. The van der Waals surface area contributed by atoms with Gasteiger partial charge in [-0.2, -0.15) is 0 Å². The number of ether oxygens (including phenoxy) is 1. The van der Waals surface area contributed by atoms with Crippen LogP contribution in [0.1, 0.15) is 25.7 Å². The summed E-state index contributed by atoms with van der Waals surface area (Å²) in [4.78, 5) is 16.4. The Morgan fingerprint density at radius 3 is 2.12 bits per heavy atom. The van der Waals surface area contributed by atoms with Crippen molar-refractivity contribution in [2.24, 2.45) is 5.92 Å². The van der Waals surface area contributed by atoms with Crippen LogP contribution in [0, 0.1) is 5.92 Å². The summed E-state index contributed by atoms with van der Waals surface area (Å²) in [6.45, 7) is 7.01. The Labute approximate surface area is 104 Å². The molecule has 0 aromatic heterocycles. The Morgan fingerprint density at radius 2 is 1.59 bits per heavy atom. The van der Waals surface area contributed by atoms with Crippen LogP contribution in [0.15, 0.2) is 0 Å². The summed E-state index contributed by atoms with van der Waals surface area (Å²) < 4.78 is 4.80. The van der Waals surface area contributed by atoms with Crippen LogP contribution in [-0.2, 0) is 9.53 Å². The van der Waals surface area contributed by atoms with Crippen molar-refractivity contribution < 1.29 is 9.53 Å². The van der Waals surface area contributed by atoms with Gasteiger partial charge in [-0.05, 0) is 51.9 Å². The molecule has 2 aliphatic rings. The fraction of sp³-hybridized carbons (Fsp3) is 0.923. The number of piperidine rings is 1. The normalized spacial score (nSPS) is 24.1. The number of carbonyl (C=O) groups is 1. The quantitative estimate of drug-likeness (QED) is 0.685. The van der Waals surface area contributed by atoms with Crippen molar-refractivity contribution in [1.29, 1.82) is 0 Å². The number of hydrogen-bond acceptors (Lipinski definition) is 4. The molecule has 0 aromatic carbocycles. The first-order valence-corrected chi connectivity index (χ1v) is 6.82. The topological polar surface area (TPSA) is 32.8 Å². The lowest BCUT2D eigenvalue weighted by atomic mass is 9.97. The molecule has 17 heavy (non-hydrogen) atoms. The van der Waals surface area contributed by atoms with Crippen LogP contribution in [0.25, 0.3) is 0 Å². The summed E-state index contributed by atoms with van der Waals surface area (Å²) >= 11 is 0. The SMILES string of the molecule is COC(=O)C1CCN(CCN2CCCC2)CC1. The van der Waals surface area contributed by atoms with Gasteiger partial charge in [0.1, 0.15) is 0 Å². The van der Waals surface area contributed by atoms with Crippen LogP contribution in [0.3, 0.4) is 0 Å². The Hall–Kier alpha value is -0.610. The number of methoxy groups -OCH3 is 1. The molecule has 2 fully saturated rings. The molecule has 2 saturated heterocycles. The fourth-order valence-electron chi connectivity index (χ4n) is 2.85. The molecule has 0 unspecified atom stereocenters. The molecule has 0 atom stereocenters. The summed E-state index contributed by atoms with van der Waals surface area (Å²) in [5.41, 5.74) is 0. The number of hydrogen-bond donors (Lipinski definition) is 0. The highest BCUT2D eigenvalue weighted by Crippen LogP contribution is 2.18. The van der Waals surface area contributed by atoms with Crippen LogP contribution in [0.4, 0.5) is 0 Å². The first-order chi connectivity index (χ1) is 8.29. The smallest absolute Gasteiger partial charge is 0.308 e. The van der Waals surface area contributed by atoms with Crippen molar-refractivity contribution in [3.8, 4) is 0 Å². The van der Waals surface area contributed by atoms with Gasteiger partial charge >= 0.3 is 5.97 Å². The minimum Gasteiger partial charge on any atom is -0.469 e. The highest BCUT2D eigenvalue weighted by molar-refractivity contribution is 5.72. The van der Waals surface area contributed by atoms with Crippen molar-refractivity contribution in [2.75, 3.05) is 46.4 Å². The van der Waals surface area contributed by atoms with E-state index >= 15 is 0 Å². The van der Waals surface area contributed by atoms with Gasteiger partial charge in [-0.25, -0.2) is 0 Å². The van der Waals surface area contributed by atoms with Gasteiger partial charge in [0, 0.05) is 13.1 Å². The molecule has 4 nitrogen and oxygen atoms in total. The van der Waals surface area contributed by atoms with Gasteiger partial charge in [-0.3, -0.25) is 4.79 Å². The Balaban J connectivity index is 1.63. The second-order valence-electron chi connectivity index (χ2n) is 5.19. The molecule has 0 amide bonds. The van der Waals surface area contributed by atoms with Crippen molar-refractivity contribution in [1.82, 2.24) is 9.80 Å². The molecular formula is C13H24N2O2. The number of likely N-dealkylation sites (tertiary alicyclic amines) is 2. The standard InChI is InChI=1S/C13H24N2O2/c1-17-13(16)12-4-8-15(9-5-12)11-10-14-6-2-3-7-14/h12H,2-11H2,1H3. The number of rotatable bonds is 4. The van der Waals surface area contributed by atoms with Gasteiger partial charge in [0.25, 0.3) is 0 Å². The van der Waals surface area contributed by atoms with E-state index in [1.165, 1.54) is 39.6 Å². The molecule has 2 rings (SSSR count). The molecule has 0 spiro atoms. The molecule has 98 valence electrons. The maximum Gasteiger partial charge on any atom is 0.308 e. The minimum atomic E-state index is -0.0239. The van der Waals surface area contributed by atoms with Gasteiger partial charge in [0.2, 0.25) is 0 Å². The van der Waals surface area contributed by atoms with Crippen LogP contribution < -0.4 is 0 Å². The molecule has 0 aliphatic carbocycles. The van der Waals surface area contributed by atoms with Crippen molar-refractivity contribution in [3.63, 3.8) is 0 Å². The van der Waals surface area contributed by atoms with Gasteiger partial charge in [-0.15, -0.1) is 0 Å². The van der Waals surface area contributed by atoms with Crippen LogP contribution in [-0.4, -0.2) is 62.1 Å². The second-order valence-corrected chi connectivity index (χ2v) is 5.19. The zero-order valence-electron chi connectivity index (χ0n) is 10.9. The molecule has 0 radical (unpaired) electrons. The molecule has 2 heterocycles.